The van der Waals surface area contributed by atoms with Crippen LogP contribution in [0.15, 0.2) is 0 Å². The van der Waals surface area contributed by atoms with Gasteiger partial charge in [0.25, 0.3) is 0 Å². The fourth-order valence-electron chi connectivity index (χ4n) is 1.11. The Kier molecular flexibility index (Phi) is 8.50. The minimum Gasteiger partial charge on any atom is -0.480 e. The van der Waals surface area contributed by atoms with Gasteiger partial charge in [0.15, 0.2) is 0 Å². The molecular weight excluding hydrogens is 244 g/mol. The van der Waals surface area contributed by atoms with Gasteiger partial charge in [-0.3, -0.25) is 9.59 Å². The van der Waals surface area contributed by atoms with Crippen molar-refractivity contribution in [2.75, 3.05) is 26.9 Å². The molecule has 0 aliphatic rings. The number of carboxylic acids is 1. The predicted octanol–water partition coefficient (Wildman–Crippen LogP) is -1.52. The van der Waals surface area contributed by atoms with Crippen LogP contribution in [0.1, 0.15) is 12.8 Å². The zero-order valence-electron chi connectivity index (χ0n) is 10.2. The second-order valence-corrected chi connectivity index (χ2v) is 3.41. The van der Waals surface area contributed by atoms with Gasteiger partial charge in [-0.15, -0.1) is 0 Å². The third kappa shape index (κ3) is 7.58. The second-order valence-electron chi connectivity index (χ2n) is 3.41. The molecule has 0 aromatic rings. The minimum atomic E-state index is -1.22. The number of nitrogens with one attached hydrogen (secondary N) is 1. The van der Waals surface area contributed by atoms with E-state index in [0.29, 0.717) is 0 Å². The Morgan fingerprint density at radius 1 is 1.39 bits per heavy atom. The lowest BCUT2D eigenvalue weighted by molar-refractivity contribution is -0.144. The zero-order chi connectivity index (χ0) is 14.0. The maximum absolute atomic E-state index is 11.3. The molecule has 0 radical (unpaired) electrons. The topological polar surface area (TPSA) is 128 Å². The van der Waals surface area contributed by atoms with E-state index in [9.17, 15) is 14.4 Å². The minimum absolute atomic E-state index is 0.0371. The highest BCUT2D eigenvalue weighted by Crippen LogP contribution is 1.99. The summed E-state index contributed by atoms with van der Waals surface area (Å²) in [5.74, 6) is -2.32. The molecule has 0 aromatic heterocycles. The van der Waals surface area contributed by atoms with Crippen LogP contribution in [0.2, 0.25) is 0 Å². The number of esters is 1. The Labute approximate surface area is 104 Å². The van der Waals surface area contributed by atoms with Crippen molar-refractivity contribution in [3.8, 4) is 0 Å². The molecular formula is C10H18N2O6. The summed E-state index contributed by atoms with van der Waals surface area (Å²) in [6, 6.07) is -1.14. The highest BCUT2D eigenvalue weighted by atomic mass is 16.5. The third-order valence-corrected chi connectivity index (χ3v) is 1.99. The van der Waals surface area contributed by atoms with Gasteiger partial charge in [-0.2, -0.15) is 0 Å². The van der Waals surface area contributed by atoms with Crippen LogP contribution in [0.5, 0.6) is 0 Å². The zero-order valence-corrected chi connectivity index (χ0v) is 10.2. The molecule has 0 spiro atoms. The molecule has 18 heavy (non-hydrogen) atoms. The van der Waals surface area contributed by atoms with E-state index in [-0.39, 0.29) is 32.6 Å². The van der Waals surface area contributed by atoms with Crippen LogP contribution in [0.4, 0.5) is 0 Å². The lowest BCUT2D eigenvalue weighted by Crippen LogP contribution is -2.42. The molecule has 1 amide bonds. The van der Waals surface area contributed by atoms with Gasteiger partial charge in [-0.05, 0) is 6.42 Å². The predicted molar refractivity (Wildman–Crippen MR) is 60.7 cm³/mol. The van der Waals surface area contributed by atoms with E-state index < -0.39 is 23.9 Å². The Balaban J connectivity index is 4.06. The quantitative estimate of drug-likeness (QED) is 0.340. The number of carbonyl (C=O) groups excluding carboxylic acids is 2. The summed E-state index contributed by atoms with van der Waals surface area (Å²) < 4.78 is 9.23. The van der Waals surface area contributed by atoms with E-state index in [0.717, 1.165) is 0 Å². The highest BCUT2D eigenvalue weighted by Gasteiger charge is 2.21. The van der Waals surface area contributed by atoms with E-state index in [1.165, 1.54) is 7.11 Å². The van der Waals surface area contributed by atoms with Crippen LogP contribution < -0.4 is 11.1 Å². The average molecular weight is 262 g/mol. The number of carbonyl (C=O) groups is 3. The summed E-state index contributed by atoms with van der Waals surface area (Å²) in [6.45, 7) is 0.227. The summed E-state index contributed by atoms with van der Waals surface area (Å²) in [4.78, 5) is 33.0. The first kappa shape index (κ1) is 16.3. The molecule has 1 unspecified atom stereocenters. The molecule has 0 heterocycles. The van der Waals surface area contributed by atoms with Gasteiger partial charge >= 0.3 is 11.9 Å². The molecule has 8 nitrogen and oxygen atoms in total. The molecule has 0 fully saturated rings. The van der Waals surface area contributed by atoms with E-state index in [1.54, 1.807) is 0 Å². The maximum atomic E-state index is 11.3. The Hall–Kier alpha value is -1.67. The number of methoxy groups -OCH3 is 1. The van der Waals surface area contributed by atoms with Crippen molar-refractivity contribution in [3.05, 3.63) is 0 Å². The summed E-state index contributed by atoms with van der Waals surface area (Å²) >= 11 is 0. The van der Waals surface area contributed by atoms with Crippen molar-refractivity contribution in [2.45, 2.75) is 18.9 Å². The SMILES string of the molecule is COC(=O)CCC(NC(=O)COCCN)C(=O)O. The molecule has 104 valence electrons. The molecule has 0 saturated heterocycles. The summed E-state index contributed by atoms with van der Waals surface area (Å²) in [6.07, 6.45) is -0.123. The van der Waals surface area contributed by atoms with E-state index >= 15 is 0 Å². The summed E-state index contributed by atoms with van der Waals surface area (Å²) in [5.41, 5.74) is 5.16. The van der Waals surface area contributed by atoms with Gasteiger partial charge in [-0.25, -0.2) is 4.79 Å². The smallest absolute Gasteiger partial charge is 0.326 e. The maximum Gasteiger partial charge on any atom is 0.326 e. The molecule has 0 aliphatic heterocycles. The van der Waals surface area contributed by atoms with Crippen molar-refractivity contribution in [3.63, 3.8) is 0 Å². The summed E-state index contributed by atoms with van der Waals surface area (Å²) in [5, 5.41) is 11.1. The lowest BCUT2D eigenvalue weighted by atomic mass is 10.1. The van der Waals surface area contributed by atoms with E-state index in [2.05, 4.69) is 10.1 Å². The number of rotatable bonds is 9. The number of aliphatic carboxylic acids is 1. The van der Waals surface area contributed by atoms with E-state index in [4.69, 9.17) is 15.6 Å². The Morgan fingerprint density at radius 2 is 2.06 bits per heavy atom. The first-order chi connectivity index (χ1) is 8.51. The largest absolute Gasteiger partial charge is 0.480 e. The number of carboxylic acid groups (broad SMARTS) is 1. The van der Waals surface area contributed by atoms with Gasteiger partial charge < -0.3 is 25.6 Å². The Bertz CT molecular complexity index is 294. The molecule has 0 aliphatic carbocycles. The summed E-state index contributed by atoms with van der Waals surface area (Å²) in [7, 11) is 1.21. The standard InChI is InChI=1S/C10H18N2O6/c1-17-9(14)3-2-7(10(15)16)12-8(13)6-18-5-4-11/h7H,2-6,11H2,1H3,(H,12,13)(H,15,16). The average Bonchev–Trinajstić information content (AvgIpc) is 2.33. The van der Waals surface area contributed by atoms with Crippen molar-refractivity contribution >= 4 is 17.8 Å². The van der Waals surface area contributed by atoms with Crippen LogP contribution >= 0.6 is 0 Å². The molecule has 0 saturated carbocycles. The fourth-order valence-corrected chi connectivity index (χ4v) is 1.11. The molecule has 4 N–H and O–H groups in total. The fraction of sp³-hybridized carbons (Fsp3) is 0.700. The van der Waals surface area contributed by atoms with Crippen molar-refractivity contribution < 1.29 is 29.0 Å². The number of ether oxygens (including phenoxy) is 2. The normalized spacial score (nSPS) is 11.7. The first-order valence-corrected chi connectivity index (χ1v) is 5.38. The molecule has 0 bridgehead atoms. The highest BCUT2D eigenvalue weighted by molar-refractivity contribution is 5.84. The van der Waals surface area contributed by atoms with Crippen molar-refractivity contribution in [2.24, 2.45) is 5.73 Å². The number of hydrogen-bond acceptors (Lipinski definition) is 6. The van der Waals surface area contributed by atoms with Crippen LogP contribution in [0.3, 0.4) is 0 Å². The molecule has 1 atom stereocenters. The van der Waals surface area contributed by atoms with Crippen molar-refractivity contribution in [1.82, 2.24) is 5.32 Å². The molecule has 0 aromatic carbocycles. The van der Waals surface area contributed by atoms with Crippen LogP contribution in [-0.4, -0.2) is 55.9 Å². The Morgan fingerprint density at radius 3 is 2.56 bits per heavy atom. The lowest BCUT2D eigenvalue weighted by Gasteiger charge is -2.13. The van der Waals surface area contributed by atoms with Crippen molar-refractivity contribution in [1.29, 1.82) is 0 Å². The molecule has 0 rings (SSSR count). The van der Waals surface area contributed by atoms with Gasteiger partial charge in [0.1, 0.15) is 12.6 Å². The van der Waals surface area contributed by atoms with E-state index in [1.807, 2.05) is 0 Å². The van der Waals surface area contributed by atoms with Gasteiger partial charge in [0.05, 0.1) is 13.7 Å². The third-order valence-electron chi connectivity index (χ3n) is 1.99. The van der Waals surface area contributed by atoms with Crippen LogP contribution in [0, 0.1) is 0 Å². The second kappa shape index (κ2) is 9.37. The molecule has 8 heteroatoms. The van der Waals surface area contributed by atoms with Crippen LogP contribution in [0.25, 0.3) is 0 Å². The first-order valence-electron chi connectivity index (χ1n) is 5.38. The number of nitrogens with two attached hydrogens (primary N) is 1. The van der Waals surface area contributed by atoms with Gasteiger partial charge in [-0.1, -0.05) is 0 Å². The van der Waals surface area contributed by atoms with Gasteiger partial charge in [0, 0.05) is 13.0 Å². The number of hydrogen-bond donors (Lipinski definition) is 3. The number of amides is 1. The van der Waals surface area contributed by atoms with Gasteiger partial charge in [0.2, 0.25) is 5.91 Å². The van der Waals surface area contributed by atoms with Crippen LogP contribution in [-0.2, 0) is 23.9 Å². The monoisotopic (exact) mass is 262 g/mol.